The normalized spacial score (nSPS) is 18.6. The number of aryl methyl sites for hydroxylation is 1. The van der Waals surface area contributed by atoms with E-state index in [1.807, 2.05) is 13.0 Å². The minimum absolute atomic E-state index is 0.161. The summed E-state index contributed by atoms with van der Waals surface area (Å²) in [4.78, 5) is 28.5. The van der Waals surface area contributed by atoms with Crippen LogP contribution in [0.1, 0.15) is 41.6 Å². The maximum absolute atomic E-state index is 13.7. The second-order valence-electron chi connectivity index (χ2n) is 8.29. The Morgan fingerprint density at radius 3 is 2.59 bits per heavy atom. The summed E-state index contributed by atoms with van der Waals surface area (Å²) in [5.74, 6) is 0.556. The van der Waals surface area contributed by atoms with Crippen molar-refractivity contribution >= 4 is 11.7 Å². The van der Waals surface area contributed by atoms with Crippen LogP contribution in [0, 0.1) is 12.8 Å². The SMILES string of the molecule is Cc1ccc(-c2ncccn2)c(C(=O)N2CCC[C@@H](C)[C@H]2CNc2ccc(C(F)(F)F)nn2)n1. The lowest BCUT2D eigenvalue weighted by Gasteiger charge is -2.40. The molecule has 8 nitrogen and oxygen atoms in total. The Labute approximate surface area is 194 Å². The Kier molecular flexibility index (Phi) is 6.71. The number of carbonyl (C=O) groups excluding carboxylic acids is 1. The van der Waals surface area contributed by atoms with Crippen molar-refractivity contribution in [3.05, 3.63) is 59.8 Å². The first-order chi connectivity index (χ1) is 16.2. The van der Waals surface area contributed by atoms with Crippen LogP contribution < -0.4 is 5.32 Å². The van der Waals surface area contributed by atoms with Gasteiger partial charge in [0.2, 0.25) is 0 Å². The molecule has 1 N–H and O–H groups in total. The zero-order valence-electron chi connectivity index (χ0n) is 18.8. The molecule has 0 aromatic carbocycles. The van der Waals surface area contributed by atoms with E-state index < -0.39 is 11.9 Å². The first-order valence-corrected chi connectivity index (χ1v) is 10.9. The highest BCUT2D eigenvalue weighted by Gasteiger charge is 2.35. The van der Waals surface area contributed by atoms with Crippen LogP contribution in [0.2, 0.25) is 0 Å². The smallest absolute Gasteiger partial charge is 0.367 e. The van der Waals surface area contributed by atoms with Crippen LogP contribution in [0.25, 0.3) is 11.4 Å². The van der Waals surface area contributed by atoms with Gasteiger partial charge in [0.05, 0.1) is 11.6 Å². The van der Waals surface area contributed by atoms with Crippen molar-refractivity contribution in [2.45, 2.75) is 38.9 Å². The van der Waals surface area contributed by atoms with Gasteiger partial charge >= 0.3 is 6.18 Å². The molecule has 1 amide bonds. The highest BCUT2D eigenvalue weighted by atomic mass is 19.4. The Morgan fingerprint density at radius 1 is 1.15 bits per heavy atom. The average Bonchev–Trinajstić information content (AvgIpc) is 2.83. The number of carbonyl (C=O) groups is 1. The van der Waals surface area contributed by atoms with Crippen molar-refractivity contribution in [2.75, 3.05) is 18.4 Å². The van der Waals surface area contributed by atoms with E-state index in [2.05, 4.69) is 37.4 Å². The van der Waals surface area contributed by atoms with E-state index in [0.717, 1.165) is 18.9 Å². The summed E-state index contributed by atoms with van der Waals surface area (Å²) in [5.41, 5.74) is 0.472. The van der Waals surface area contributed by atoms with E-state index in [1.54, 1.807) is 29.4 Å². The zero-order chi connectivity index (χ0) is 24.3. The van der Waals surface area contributed by atoms with Gasteiger partial charge in [-0.05, 0) is 56.0 Å². The van der Waals surface area contributed by atoms with Crippen molar-refractivity contribution in [1.82, 2.24) is 30.0 Å². The van der Waals surface area contributed by atoms with Crippen LogP contribution in [-0.2, 0) is 6.18 Å². The van der Waals surface area contributed by atoms with E-state index in [4.69, 9.17) is 0 Å². The third-order valence-corrected chi connectivity index (χ3v) is 5.87. The molecule has 1 saturated heterocycles. The number of piperidine rings is 1. The van der Waals surface area contributed by atoms with Gasteiger partial charge in [0.15, 0.2) is 11.5 Å². The molecule has 0 aliphatic carbocycles. The Balaban J connectivity index is 1.57. The standard InChI is InChI=1S/C23H24F3N7O/c1-14-5-3-12-33(17(14)13-29-19-9-8-18(31-32-19)23(24,25)26)22(34)20-16(7-6-15(2)30-20)21-27-10-4-11-28-21/h4,6-11,14,17H,3,5,12-13H2,1-2H3,(H,29,32)/t14-,17-/m1/s1. The summed E-state index contributed by atoms with van der Waals surface area (Å²) in [6.45, 7) is 4.72. The summed E-state index contributed by atoms with van der Waals surface area (Å²) in [5, 5.41) is 9.92. The number of aromatic nitrogens is 5. The summed E-state index contributed by atoms with van der Waals surface area (Å²) in [7, 11) is 0. The molecular weight excluding hydrogens is 447 g/mol. The second-order valence-corrected chi connectivity index (χ2v) is 8.29. The molecular formula is C23H24F3N7O. The van der Waals surface area contributed by atoms with Gasteiger partial charge in [-0.25, -0.2) is 15.0 Å². The number of amides is 1. The van der Waals surface area contributed by atoms with Crippen molar-refractivity contribution in [3.63, 3.8) is 0 Å². The van der Waals surface area contributed by atoms with E-state index in [-0.39, 0.29) is 29.4 Å². The van der Waals surface area contributed by atoms with Crippen LogP contribution in [0.15, 0.2) is 42.7 Å². The van der Waals surface area contributed by atoms with Gasteiger partial charge in [0.1, 0.15) is 11.5 Å². The predicted molar refractivity (Wildman–Crippen MR) is 119 cm³/mol. The Bertz CT molecular complexity index is 1140. The maximum Gasteiger partial charge on any atom is 0.435 e. The number of nitrogens with zero attached hydrogens (tertiary/aromatic N) is 6. The molecule has 2 atom stereocenters. The monoisotopic (exact) mass is 471 g/mol. The summed E-state index contributed by atoms with van der Waals surface area (Å²) in [6, 6.07) is 7.21. The van der Waals surface area contributed by atoms with Crippen LogP contribution in [-0.4, -0.2) is 55.1 Å². The lowest BCUT2D eigenvalue weighted by atomic mass is 9.90. The number of rotatable bonds is 5. The molecule has 4 heterocycles. The number of halogens is 3. The molecule has 11 heteroatoms. The van der Waals surface area contributed by atoms with Gasteiger partial charge in [-0.15, -0.1) is 10.2 Å². The van der Waals surface area contributed by atoms with Gasteiger partial charge in [-0.2, -0.15) is 13.2 Å². The molecule has 1 fully saturated rings. The molecule has 1 aliphatic rings. The zero-order valence-corrected chi connectivity index (χ0v) is 18.8. The minimum atomic E-state index is -4.55. The largest absolute Gasteiger partial charge is 0.435 e. The topological polar surface area (TPSA) is 96.8 Å². The van der Waals surface area contributed by atoms with Gasteiger partial charge in [-0.3, -0.25) is 4.79 Å². The fourth-order valence-corrected chi connectivity index (χ4v) is 4.07. The molecule has 34 heavy (non-hydrogen) atoms. The number of hydrogen-bond acceptors (Lipinski definition) is 7. The molecule has 3 aromatic heterocycles. The summed E-state index contributed by atoms with van der Waals surface area (Å²) < 4.78 is 38.3. The molecule has 0 saturated carbocycles. The van der Waals surface area contributed by atoms with E-state index in [9.17, 15) is 18.0 Å². The van der Waals surface area contributed by atoms with Gasteiger partial charge < -0.3 is 10.2 Å². The van der Waals surface area contributed by atoms with Crippen molar-refractivity contribution in [2.24, 2.45) is 5.92 Å². The first kappa shape index (κ1) is 23.5. The number of hydrogen-bond donors (Lipinski definition) is 1. The van der Waals surface area contributed by atoms with Crippen LogP contribution in [0.5, 0.6) is 0 Å². The fourth-order valence-electron chi connectivity index (χ4n) is 4.07. The fraction of sp³-hybridized carbons (Fsp3) is 0.391. The third-order valence-electron chi connectivity index (χ3n) is 5.87. The lowest BCUT2D eigenvalue weighted by Crippen LogP contribution is -2.51. The van der Waals surface area contributed by atoms with E-state index in [0.29, 0.717) is 30.2 Å². The first-order valence-electron chi connectivity index (χ1n) is 10.9. The Morgan fingerprint density at radius 2 is 1.91 bits per heavy atom. The number of likely N-dealkylation sites (tertiary alicyclic amines) is 1. The van der Waals surface area contributed by atoms with Crippen molar-refractivity contribution in [3.8, 4) is 11.4 Å². The molecule has 0 unspecified atom stereocenters. The van der Waals surface area contributed by atoms with Gasteiger partial charge in [-0.1, -0.05) is 6.92 Å². The lowest BCUT2D eigenvalue weighted by molar-refractivity contribution is -0.141. The number of pyridine rings is 1. The van der Waals surface area contributed by atoms with Crippen molar-refractivity contribution in [1.29, 1.82) is 0 Å². The average molecular weight is 471 g/mol. The van der Waals surface area contributed by atoms with Crippen LogP contribution >= 0.6 is 0 Å². The van der Waals surface area contributed by atoms with E-state index in [1.165, 1.54) is 6.07 Å². The molecule has 0 radical (unpaired) electrons. The number of alkyl halides is 3. The predicted octanol–water partition coefficient (Wildman–Crippen LogP) is 4.01. The molecule has 1 aliphatic heterocycles. The van der Waals surface area contributed by atoms with Crippen molar-refractivity contribution < 1.29 is 18.0 Å². The van der Waals surface area contributed by atoms with Crippen LogP contribution in [0.4, 0.5) is 19.0 Å². The second kappa shape index (κ2) is 9.70. The third kappa shape index (κ3) is 5.13. The summed E-state index contributed by atoms with van der Waals surface area (Å²) in [6.07, 6.45) is 0.430. The number of anilines is 1. The molecule has 0 bridgehead atoms. The molecule has 3 aromatic rings. The quantitative estimate of drug-likeness (QED) is 0.601. The van der Waals surface area contributed by atoms with Gasteiger partial charge in [0.25, 0.3) is 5.91 Å². The molecule has 0 spiro atoms. The minimum Gasteiger partial charge on any atom is -0.367 e. The van der Waals surface area contributed by atoms with Gasteiger partial charge in [0, 0.05) is 31.2 Å². The van der Waals surface area contributed by atoms with Crippen LogP contribution in [0.3, 0.4) is 0 Å². The molecule has 4 rings (SSSR count). The molecule has 178 valence electrons. The highest BCUT2D eigenvalue weighted by Crippen LogP contribution is 2.29. The summed E-state index contributed by atoms with van der Waals surface area (Å²) >= 11 is 0. The number of nitrogens with one attached hydrogen (secondary N) is 1. The Hall–Kier alpha value is -3.63. The maximum atomic E-state index is 13.7. The van der Waals surface area contributed by atoms with E-state index >= 15 is 0 Å². The highest BCUT2D eigenvalue weighted by molar-refractivity contribution is 5.98.